The van der Waals surface area contributed by atoms with Gasteiger partial charge in [-0.05, 0) is 18.6 Å². The van der Waals surface area contributed by atoms with Gasteiger partial charge in [-0.3, -0.25) is 9.89 Å². The average Bonchev–Trinajstić information content (AvgIpc) is 2.83. The van der Waals surface area contributed by atoms with Gasteiger partial charge in [0.25, 0.3) is 5.91 Å². The molecule has 0 aromatic carbocycles. The number of amides is 1. The van der Waals surface area contributed by atoms with Crippen molar-refractivity contribution in [1.82, 2.24) is 20.2 Å². The van der Waals surface area contributed by atoms with Crippen LogP contribution < -0.4 is 5.32 Å². The van der Waals surface area contributed by atoms with E-state index in [-0.39, 0.29) is 17.1 Å². The van der Waals surface area contributed by atoms with Crippen LogP contribution in [-0.2, 0) is 5.41 Å². The molecule has 0 unspecified atom stereocenters. The summed E-state index contributed by atoms with van der Waals surface area (Å²) >= 11 is 5.83. The van der Waals surface area contributed by atoms with Crippen molar-refractivity contribution in [3.05, 3.63) is 34.6 Å². The number of anilines is 1. The van der Waals surface area contributed by atoms with Gasteiger partial charge in [-0.1, -0.05) is 32.4 Å². The first-order chi connectivity index (χ1) is 9.27. The number of nitrogens with zero attached hydrogens (tertiary/aromatic N) is 3. The van der Waals surface area contributed by atoms with Gasteiger partial charge in [0, 0.05) is 5.41 Å². The highest BCUT2D eigenvalue weighted by atomic mass is 35.5. The van der Waals surface area contributed by atoms with E-state index in [9.17, 15) is 4.79 Å². The highest BCUT2D eigenvalue weighted by Crippen LogP contribution is 2.18. The summed E-state index contributed by atoms with van der Waals surface area (Å²) in [6.07, 6.45) is 1.49. The van der Waals surface area contributed by atoms with E-state index >= 15 is 0 Å². The molecule has 1 amide bonds. The first-order valence-electron chi connectivity index (χ1n) is 6.14. The number of halogens is 1. The number of aryl methyl sites for hydroxylation is 1. The van der Waals surface area contributed by atoms with Gasteiger partial charge < -0.3 is 5.32 Å². The predicted molar refractivity (Wildman–Crippen MR) is 77.0 cm³/mol. The second-order valence-corrected chi connectivity index (χ2v) is 5.90. The second-order valence-electron chi connectivity index (χ2n) is 5.54. The molecule has 0 spiro atoms. The number of aromatic amines is 1. The van der Waals surface area contributed by atoms with Gasteiger partial charge >= 0.3 is 0 Å². The van der Waals surface area contributed by atoms with E-state index in [2.05, 4.69) is 25.5 Å². The minimum absolute atomic E-state index is 0.0996. The Balaban J connectivity index is 2.16. The molecule has 0 saturated carbocycles. The van der Waals surface area contributed by atoms with Crippen molar-refractivity contribution in [2.24, 2.45) is 0 Å². The molecule has 0 aliphatic carbocycles. The Morgan fingerprint density at radius 1 is 1.40 bits per heavy atom. The fraction of sp³-hybridized carbons (Fsp3) is 0.385. The van der Waals surface area contributed by atoms with Crippen molar-refractivity contribution in [2.45, 2.75) is 33.1 Å². The Morgan fingerprint density at radius 3 is 2.65 bits per heavy atom. The van der Waals surface area contributed by atoms with Gasteiger partial charge in [-0.15, -0.1) is 5.10 Å². The van der Waals surface area contributed by atoms with Crippen LogP contribution in [0.3, 0.4) is 0 Å². The maximum Gasteiger partial charge on any atom is 0.295 e. The zero-order chi connectivity index (χ0) is 14.9. The molecule has 6 nitrogen and oxygen atoms in total. The van der Waals surface area contributed by atoms with Crippen molar-refractivity contribution in [3.63, 3.8) is 0 Å². The summed E-state index contributed by atoms with van der Waals surface area (Å²) in [5.74, 6) is 0.371. The van der Waals surface area contributed by atoms with Gasteiger partial charge in [-0.2, -0.15) is 0 Å². The maximum absolute atomic E-state index is 12.0. The molecule has 0 atom stereocenters. The fourth-order valence-corrected chi connectivity index (χ4v) is 1.62. The van der Waals surface area contributed by atoms with Gasteiger partial charge in [0.1, 0.15) is 11.0 Å². The Morgan fingerprint density at radius 2 is 2.10 bits per heavy atom. The molecule has 0 aliphatic rings. The van der Waals surface area contributed by atoms with Crippen LogP contribution in [0.5, 0.6) is 0 Å². The Bertz CT molecular complexity index is 644. The van der Waals surface area contributed by atoms with Crippen molar-refractivity contribution in [3.8, 4) is 0 Å². The first kappa shape index (κ1) is 14.5. The molecule has 20 heavy (non-hydrogen) atoms. The summed E-state index contributed by atoms with van der Waals surface area (Å²) in [7, 11) is 0. The summed E-state index contributed by atoms with van der Waals surface area (Å²) in [6.45, 7) is 7.78. The molecule has 0 bridgehead atoms. The molecule has 2 aromatic rings. The smallest absolute Gasteiger partial charge is 0.295 e. The van der Waals surface area contributed by atoms with E-state index in [4.69, 9.17) is 11.6 Å². The van der Waals surface area contributed by atoms with E-state index in [1.807, 2.05) is 27.7 Å². The normalized spacial score (nSPS) is 11.4. The predicted octanol–water partition coefficient (Wildman–Crippen LogP) is 2.71. The zero-order valence-electron chi connectivity index (χ0n) is 11.8. The minimum Gasteiger partial charge on any atom is -0.318 e. The van der Waals surface area contributed by atoms with Crippen molar-refractivity contribution < 1.29 is 4.79 Å². The van der Waals surface area contributed by atoms with E-state index in [0.29, 0.717) is 16.7 Å². The monoisotopic (exact) mass is 293 g/mol. The van der Waals surface area contributed by atoms with Crippen LogP contribution in [0, 0.1) is 6.92 Å². The van der Waals surface area contributed by atoms with Gasteiger partial charge in [0.15, 0.2) is 0 Å². The lowest BCUT2D eigenvalue weighted by Gasteiger charge is -2.12. The number of nitrogens with one attached hydrogen (secondary N) is 2. The minimum atomic E-state index is -0.389. The van der Waals surface area contributed by atoms with Crippen LogP contribution in [-0.4, -0.2) is 26.1 Å². The first-order valence-corrected chi connectivity index (χ1v) is 6.51. The molecule has 0 aliphatic heterocycles. The van der Waals surface area contributed by atoms with Crippen molar-refractivity contribution in [1.29, 1.82) is 0 Å². The number of hydrogen-bond donors (Lipinski definition) is 2. The Labute approximate surface area is 122 Å². The summed E-state index contributed by atoms with van der Waals surface area (Å²) in [5, 5.41) is 9.80. The Hall–Kier alpha value is -1.95. The standard InChI is InChI=1S/C13H16ClN5O/c1-7-5-8(6-15-9(7)14)16-11(20)10-17-12(19-18-10)13(2,3)4/h5-6H,1-4H3,(H,16,20)(H,17,18,19). The lowest BCUT2D eigenvalue weighted by atomic mass is 9.96. The largest absolute Gasteiger partial charge is 0.318 e. The summed E-state index contributed by atoms with van der Waals surface area (Å²) in [5.41, 5.74) is 1.15. The van der Waals surface area contributed by atoms with Crippen LogP contribution in [0.2, 0.25) is 5.15 Å². The number of rotatable bonds is 2. The van der Waals surface area contributed by atoms with Crippen LogP contribution in [0.4, 0.5) is 5.69 Å². The molecule has 106 valence electrons. The molecule has 2 N–H and O–H groups in total. The third-order valence-corrected chi connectivity index (χ3v) is 3.07. The summed E-state index contributed by atoms with van der Waals surface area (Å²) in [4.78, 5) is 20.2. The van der Waals surface area contributed by atoms with E-state index < -0.39 is 0 Å². The Kier molecular flexibility index (Phi) is 3.76. The van der Waals surface area contributed by atoms with E-state index in [1.54, 1.807) is 6.07 Å². The molecule has 2 rings (SSSR count). The highest BCUT2D eigenvalue weighted by molar-refractivity contribution is 6.30. The van der Waals surface area contributed by atoms with Crippen LogP contribution in [0.1, 0.15) is 42.8 Å². The molecular formula is C13H16ClN5O. The van der Waals surface area contributed by atoms with Crippen molar-refractivity contribution >= 4 is 23.2 Å². The van der Waals surface area contributed by atoms with Gasteiger partial charge in [0.05, 0.1) is 11.9 Å². The fourth-order valence-electron chi connectivity index (χ4n) is 1.51. The number of H-pyrrole nitrogens is 1. The third kappa shape index (κ3) is 3.14. The topological polar surface area (TPSA) is 83.6 Å². The zero-order valence-corrected chi connectivity index (χ0v) is 12.5. The van der Waals surface area contributed by atoms with Crippen LogP contribution in [0.15, 0.2) is 12.3 Å². The second kappa shape index (κ2) is 5.20. The highest BCUT2D eigenvalue weighted by Gasteiger charge is 2.21. The number of pyridine rings is 1. The molecular weight excluding hydrogens is 278 g/mol. The summed E-state index contributed by atoms with van der Waals surface area (Å²) < 4.78 is 0. The quantitative estimate of drug-likeness (QED) is 0.834. The molecule has 2 aromatic heterocycles. The van der Waals surface area contributed by atoms with Crippen LogP contribution in [0.25, 0.3) is 0 Å². The van der Waals surface area contributed by atoms with Gasteiger partial charge in [-0.25, -0.2) is 9.97 Å². The summed E-state index contributed by atoms with van der Waals surface area (Å²) in [6, 6.07) is 1.74. The molecule has 0 saturated heterocycles. The number of carbonyl (C=O) groups excluding carboxylic acids is 1. The van der Waals surface area contributed by atoms with Crippen LogP contribution >= 0.6 is 11.6 Å². The lowest BCUT2D eigenvalue weighted by molar-refractivity contribution is 0.101. The molecule has 0 fully saturated rings. The number of hydrogen-bond acceptors (Lipinski definition) is 4. The number of aromatic nitrogens is 4. The third-order valence-electron chi connectivity index (χ3n) is 2.67. The lowest BCUT2D eigenvalue weighted by Crippen LogP contribution is -2.16. The molecule has 2 heterocycles. The average molecular weight is 294 g/mol. The SMILES string of the molecule is Cc1cc(NC(=O)c2n[nH]c(C(C)(C)C)n2)cnc1Cl. The molecule has 7 heteroatoms. The van der Waals surface area contributed by atoms with E-state index in [1.165, 1.54) is 6.20 Å². The van der Waals surface area contributed by atoms with Gasteiger partial charge in [0.2, 0.25) is 5.82 Å². The van der Waals surface area contributed by atoms with E-state index in [0.717, 1.165) is 5.56 Å². The maximum atomic E-state index is 12.0. The van der Waals surface area contributed by atoms with Crippen molar-refractivity contribution in [2.75, 3.05) is 5.32 Å². The molecule has 0 radical (unpaired) electrons. The number of carbonyl (C=O) groups is 1.